The van der Waals surface area contributed by atoms with Gasteiger partial charge in [-0.15, -0.1) is 11.3 Å². The van der Waals surface area contributed by atoms with E-state index in [-0.39, 0.29) is 10.9 Å². The highest BCUT2D eigenvalue weighted by molar-refractivity contribution is 7.92. The Morgan fingerprint density at radius 3 is 2.67 bits per heavy atom. The maximum Gasteiger partial charge on any atom is 0.317 e. The molecule has 0 bridgehead atoms. The van der Waals surface area contributed by atoms with E-state index in [9.17, 15) is 13.2 Å². The van der Waals surface area contributed by atoms with Crippen LogP contribution in [0.5, 0.6) is 0 Å². The topological polar surface area (TPSA) is 85.4 Å². The Morgan fingerprint density at radius 1 is 1.56 bits per heavy atom. The molecule has 0 amide bonds. The second-order valence-corrected chi connectivity index (χ2v) is 7.03. The molecular weight excluding hydrogens is 276 g/mol. The average molecular weight is 292 g/mol. The van der Waals surface area contributed by atoms with E-state index >= 15 is 0 Å². The Balaban J connectivity index is 2.97. The molecular formula is C10H16N2O4S2. The van der Waals surface area contributed by atoms with Crippen molar-refractivity contribution in [2.75, 3.05) is 17.6 Å². The van der Waals surface area contributed by atoms with Gasteiger partial charge in [0.1, 0.15) is 5.41 Å². The first kappa shape index (κ1) is 14.9. The van der Waals surface area contributed by atoms with E-state index < -0.39 is 21.4 Å². The number of aromatic nitrogens is 1. The van der Waals surface area contributed by atoms with Crippen LogP contribution in [0.4, 0.5) is 5.13 Å². The summed E-state index contributed by atoms with van der Waals surface area (Å²) in [5, 5.41) is 1.90. The molecule has 0 spiro atoms. The number of nitrogens with one attached hydrogen (secondary N) is 1. The number of methoxy groups -OCH3 is 1. The van der Waals surface area contributed by atoms with Gasteiger partial charge in [0, 0.05) is 5.38 Å². The fourth-order valence-electron chi connectivity index (χ4n) is 1.17. The number of thiazole rings is 1. The summed E-state index contributed by atoms with van der Waals surface area (Å²) >= 11 is 1.14. The third-order valence-corrected chi connectivity index (χ3v) is 4.61. The van der Waals surface area contributed by atoms with Crippen LogP contribution in [0.3, 0.4) is 0 Å². The fraction of sp³-hybridized carbons (Fsp3) is 0.600. The zero-order valence-electron chi connectivity index (χ0n) is 10.7. The number of hydrogen-bond donors (Lipinski definition) is 1. The van der Waals surface area contributed by atoms with Crippen LogP contribution in [-0.2, 0) is 25.0 Å². The van der Waals surface area contributed by atoms with Gasteiger partial charge in [0.05, 0.1) is 18.6 Å². The number of carbonyl (C=O) groups excluding carboxylic acids is 1. The summed E-state index contributed by atoms with van der Waals surface area (Å²) in [7, 11) is -2.05. The Hall–Kier alpha value is -1.15. The van der Waals surface area contributed by atoms with Gasteiger partial charge in [-0.05, 0) is 20.8 Å². The van der Waals surface area contributed by atoms with Gasteiger partial charge >= 0.3 is 5.97 Å². The molecule has 0 radical (unpaired) electrons. The van der Waals surface area contributed by atoms with Gasteiger partial charge in [-0.25, -0.2) is 13.4 Å². The highest BCUT2D eigenvalue weighted by atomic mass is 32.2. The molecule has 1 heterocycles. The van der Waals surface area contributed by atoms with Crippen molar-refractivity contribution in [2.24, 2.45) is 0 Å². The number of sulfonamides is 1. The van der Waals surface area contributed by atoms with Crippen molar-refractivity contribution in [3.63, 3.8) is 0 Å². The zero-order valence-corrected chi connectivity index (χ0v) is 12.3. The lowest BCUT2D eigenvalue weighted by molar-refractivity contribution is -0.146. The number of anilines is 1. The minimum atomic E-state index is -3.35. The van der Waals surface area contributed by atoms with Crippen molar-refractivity contribution < 1.29 is 17.9 Å². The van der Waals surface area contributed by atoms with Crippen molar-refractivity contribution in [1.29, 1.82) is 0 Å². The van der Waals surface area contributed by atoms with E-state index in [4.69, 9.17) is 0 Å². The molecule has 0 saturated carbocycles. The third kappa shape index (κ3) is 3.20. The lowest BCUT2D eigenvalue weighted by atomic mass is 9.90. The zero-order chi connectivity index (χ0) is 14.0. The lowest BCUT2D eigenvalue weighted by Crippen LogP contribution is -2.30. The van der Waals surface area contributed by atoms with Gasteiger partial charge in [-0.3, -0.25) is 9.52 Å². The monoisotopic (exact) mass is 292 g/mol. The first-order valence-electron chi connectivity index (χ1n) is 5.28. The lowest BCUT2D eigenvalue weighted by Gasteiger charge is -2.18. The predicted molar refractivity (Wildman–Crippen MR) is 70.2 cm³/mol. The molecule has 18 heavy (non-hydrogen) atoms. The third-order valence-electron chi connectivity index (χ3n) is 2.46. The largest absolute Gasteiger partial charge is 0.468 e. The van der Waals surface area contributed by atoms with E-state index in [1.54, 1.807) is 19.2 Å². The van der Waals surface area contributed by atoms with Crippen molar-refractivity contribution in [1.82, 2.24) is 4.98 Å². The minimum Gasteiger partial charge on any atom is -0.468 e. The number of esters is 1. The maximum atomic E-state index is 11.6. The number of nitrogens with zero attached hydrogens (tertiary/aromatic N) is 1. The summed E-state index contributed by atoms with van der Waals surface area (Å²) in [6.45, 7) is 4.88. The maximum absolute atomic E-state index is 11.6. The Morgan fingerprint density at radius 2 is 2.17 bits per heavy atom. The smallest absolute Gasteiger partial charge is 0.317 e. The molecule has 0 aliphatic carbocycles. The van der Waals surface area contributed by atoms with Gasteiger partial charge in [0.25, 0.3) is 0 Å². The molecule has 0 aromatic carbocycles. The van der Waals surface area contributed by atoms with E-state index in [2.05, 4.69) is 14.4 Å². The summed E-state index contributed by atoms with van der Waals surface area (Å²) in [5.41, 5.74) is -0.422. The second kappa shape index (κ2) is 5.23. The molecule has 0 unspecified atom stereocenters. The molecule has 0 aliphatic heterocycles. The van der Waals surface area contributed by atoms with Crippen molar-refractivity contribution >= 4 is 32.5 Å². The van der Waals surface area contributed by atoms with E-state index in [1.165, 1.54) is 14.0 Å². The van der Waals surface area contributed by atoms with Crippen LogP contribution in [-0.4, -0.2) is 32.2 Å². The number of ether oxygens (including phenoxy) is 1. The summed E-state index contributed by atoms with van der Waals surface area (Å²) in [6, 6.07) is 0. The summed E-state index contributed by atoms with van der Waals surface area (Å²) in [6.07, 6.45) is 0. The fourth-order valence-corrected chi connectivity index (χ4v) is 2.92. The summed E-state index contributed by atoms with van der Waals surface area (Å²) < 4.78 is 29.8. The van der Waals surface area contributed by atoms with Crippen LogP contribution < -0.4 is 4.72 Å². The van der Waals surface area contributed by atoms with Gasteiger partial charge in [-0.2, -0.15) is 0 Å². The SMILES string of the molecule is CCS(=O)(=O)Nc1nc(C(C)(C)C(=O)OC)cs1. The first-order valence-corrected chi connectivity index (χ1v) is 7.81. The Kier molecular flexibility index (Phi) is 4.33. The average Bonchev–Trinajstić information content (AvgIpc) is 2.76. The van der Waals surface area contributed by atoms with E-state index in [0.717, 1.165) is 11.3 Å². The van der Waals surface area contributed by atoms with Crippen LogP contribution >= 0.6 is 11.3 Å². The molecule has 0 fully saturated rings. The Labute approximate surface area is 110 Å². The van der Waals surface area contributed by atoms with Crippen LogP contribution in [0.25, 0.3) is 0 Å². The van der Waals surface area contributed by atoms with Gasteiger partial charge in [-0.1, -0.05) is 0 Å². The van der Waals surface area contributed by atoms with E-state index in [0.29, 0.717) is 5.69 Å². The van der Waals surface area contributed by atoms with Gasteiger partial charge in [0.15, 0.2) is 5.13 Å². The predicted octanol–water partition coefficient (Wildman–Crippen LogP) is 1.36. The van der Waals surface area contributed by atoms with Crippen molar-refractivity contribution in [2.45, 2.75) is 26.2 Å². The standard InChI is InChI=1S/C10H16N2O4S2/c1-5-18(14,15)12-9-11-7(6-17-9)10(2,3)8(13)16-4/h6H,5H2,1-4H3,(H,11,12). The highest BCUT2D eigenvalue weighted by Crippen LogP contribution is 2.28. The Bertz CT molecular complexity index is 534. The normalized spacial score (nSPS) is 12.2. The summed E-state index contributed by atoms with van der Waals surface area (Å²) in [4.78, 5) is 15.7. The van der Waals surface area contributed by atoms with Crippen LogP contribution in [0.1, 0.15) is 26.5 Å². The van der Waals surface area contributed by atoms with Crippen LogP contribution in [0.15, 0.2) is 5.38 Å². The van der Waals surface area contributed by atoms with Crippen molar-refractivity contribution in [3.8, 4) is 0 Å². The first-order chi connectivity index (χ1) is 8.23. The molecule has 102 valence electrons. The quantitative estimate of drug-likeness (QED) is 0.828. The highest BCUT2D eigenvalue weighted by Gasteiger charge is 2.33. The number of hydrogen-bond acceptors (Lipinski definition) is 6. The molecule has 0 saturated heterocycles. The van der Waals surface area contributed by atoms with Crippen LogP contribution in [0, 0.1) is 0 Å². The van der Waals surface area contributed by atoms with E-state index in [1.807, 2.05) is 0 Å². The minimum absolute atomic E-state index is 0.0255. The van der Waals surface area contributed by atoms with Crippen LogP contribution in [0.2, 0.25) is 0 Å². The molecule has 1 aromatic rings. The molecule has 0 atom stereocenters. The molecule has 6 nitrogen and oxygen atoms in total. The molecule has 8 heteroatoms. The van der Waals surface area contributed by atoms with Gasteiger partial charge < -0.3 is 4.74 Å². The molecule has 1 aromatic heterocycles. The number of rotatable bonds is 5. The van der Waals surface area contributed by atoms with Gasteiger partial charge in [0.2, 0.25) is 10.0 Å². The molecule has 0 aliphatic rings. The van der Waals surface area contributed by atoms with Crippen molar-refractivity contribution in [3.05, 3.63) is 11.1 Å². The second-order valence-electron chi connectivity index (χ2n) is 4.16. The summed E-state index contributed by atoms with van der Waals surface area (Å²) in [5.74, 6) is -0.444. The molecule has 1 N–H and O–H groups in total. The number of carbonyl (C=O) groups is 1. The molecule has 1 rings (SSSR count).